The maximum atomic E-state index is 9.50. The maximum Gasteiger partial charge on any atom is 0.171 e. The number of rotatable bonds is 3. The van der Waals surface area contributed by atoms with Gasteiger partial charge in [-0.05, 0) is 63.6 Å². The first-order valence-corrected chi connectivity index (χ1v) is 7.99. The van der Waals surface area contributed by atoms with Crippen LogP contribution in [0.3, 0.4) is 0 Å². The molecule has 6 heteroatoms. The lowest BCUT2D eigenvalue weighted by atomic mass is 10.2. The highest BCUT2D eigenvalue weighted by Crippen LogP contribution is 2.29. The van der Waals surface area contributed by atoms with Crippen LogP contribution in [0.4, 0.5) is 0 Å². The molecule has 0 saturated heterocycles. The minimum atomic E-state index is 0.167. The van der Waals surface area contributed by atoms with Crippen LogP contribution in [0.2, 0.25) is 0 Å². The molecule has 0 aliphatic rings. The smallest absolute Gasteiger partial charge is 0.171 e. The molecular formula is C16H10BrN3OS. The number of imidazole rings is 1. The SMILES string of the molecule is N#C/C(=C\c1ccc(O)c(Br)c1)Sc1nc2ccccc2[nH]1. The second-order valence-corrected chi connectivity index (χ2v) is 6.38. The van der Waals surface area contributed by atoms with Crippen molar-refractivity contribution in [2.75, 3.05) is 0 Å². The molecule has 1 aromatic heterocycles. The predicted octanol–water partition coefficient (Wildman–Crippen LogP) is 4.69. The summed E-state index contributed by atoms with van der Waals surface area (Å²) < 4.78 is 0.590. The van der Waals surface area contributed by atoms with Gasteiger partial charge in [0.25, 0.3) is 0 Å². The topological polar surface area (TPSA) is 72.7 Å². The van der Waals surface area contributed by atoms with Gasteiger partial charge >= 0.3 is 0 Å². The average molecular weight is 372 g/mol. The van der Waals surface area contributed by atoms with Gasteiger partial charge in [0.2, 0.25) is 0 Å². The maximum absolute atomic E-state index is 9.50. The lowest BCUT2D eigenvalue weighted by Crippen LogP contribution is -1.79. The van der Waals surface area contributed by atoms with E-state index in [9.17, 15) is 10.4 Å². The van der Waals surface area contributed by atoms with Crippen LogP contribution in [0.25, 0.3) is 17.1 Å². The van der Waals surface area contributed by atoms with E-state index in [-0.39, 0.29) is 5.75 Å². The minimum absolute atomic E-state index is 0.167. The monoisotopic (exact) mass is 371 g/mol. The molecule has 0 saturated carbocycles. The van der Waals surface area contributed by atoms with E-state index in [1.165, 1.54) is 11.8 Å². The number of phenolic OH excluding ortho intramolecular Hbond substituents is 1. The van der Waals surface area contributed by atoms with Gasteiger partial charge in [0.15, 0.2) is 5.16 Å². The van der Waals surface area contributed by atoms with Crippen molar-refractivity contribution in [3.8, 4) is 11.8 Å². The first kappa shape index (κ1) is 14.7. The van der Waals surface area contributed by atoms with Crippen LogP contribution in [0.1, 0.15) is 5.56 Å². The van der Waals surface area contributed by atoms with Crippen molar-refractivity contribution in [3.05, 3.63) is 57.4 Å². The van der Waals surface area contributed by atoms with E-state index in [1.807, 2.05) is 24.3 Å². The van der Waals surface area contributed by atoms with Gasteiger partial charge in [-0.2, -0.15) is 5.26 Å². The summed E-state index contributed by atoms with van der Waals surface area (Å²) in [5, 5.41) is 19.5. The lowest BCUT2D eigenvalue weighted by molar-refractivity contribution is 0.472. The zero-order valence-electron chi connectivity index (χ0n) is 11.2. The summed E-state index contributed by atoms with van der Waals surface area (Å²) >= 11 is 4.54. The Kier molecular flexibility index (Phi) is 4.18. The molecule has 0 atom stereocenters. The molecule has 0 amide bonds. The Morgan fingerprint density at radius 1 is 1.32 bits per heavy atom. The van der Waals surface area contributed by atoms with E-state index in [0.717, 1.165) is 16.6 Å². The van der Waals surface area contributed by atoms with Gasteiger partial charge < -0.3 is 10.1 Å². The first-order valence-electron chi connectivity index (χ1n) is 6.38. The van der Waals surface area contributed by atoms with Crippen LogP contribution < -0.4 is 0 Å². The lowest BCUT2D eigenvalue weighted by Gasteiger charge is -2.00. The molecule has 22 heavy (non-hydrogen) atoms. The number of hydrogen-bond donors (Lipinski definition) is 2. The zero-order chi connectivity index (χ0) is 15.5. The Morgan fingerprint density at radius 2 is 2.14 bits per heavy atom. The number of nitrogens with one attached hydrogen (secondary N) is 1. The summed E-state index contributed by atoms with van der Waals surface area (Å²) in [6, 6.07) is 15.0. The number of fused-ring (bicyclic) bond motifs is 1. The highest BCUT2D eigenvalue weighted by atomic mass is 79.9. The number of nitrogens with zero attached hydrogens (tertiary/aromatic N) is 2. The molecule has 0 aliphatic carbocycles. The molecule has 108 valence electrons. The highest BCUT2D eigenvalue weighted by molar-refractivity contribution is 9.10. The highest BCUT2D eigenvalue weighted by Gasteiger charge is 2.07. The van der Waals surface area contributed by atoms with Crippen LogP contribution in [-0.4, -0.2) is 15.1 Å². The molecule has 2 N–H and O–H groups in total. The van der Waals surface area contributed by atoms with E-state index in [2.05, 4.69) is 32.0 Å². The number of allylic oxidation sites excluding steroid dienone is 1. The van der Waals surface area contributed by atoms with E-state index in [0.29, 0.717) is 14.5 Å². The molecule has 1 heterocycles. The third-order valence-corrected chi connectivity index (χ3v) is 4.40. The van der Waals surface area contributed by atoms with E-state index < -0.39 is 0 Å². The van der Waals surface area contributed by atoms with Crippen LogP contribution in [0, 0.1) is 11.3 Å². The Hall–Kier alpha value is -2.23. The molecule has 0 aliphatic heterocycles. The van der Waals surface area contributed by atoms with Gasteiger partial charge in [-0.1, -0.05) is 18.2 Å². The molecule has 0 unspecified atom stereocenters. The van der Waals surface area contributed by atoms with Crippen LogP contribution >= 0.6 is 27.7 Å². The molecule has 0 fully saturated rings. The molecule has 0 bridgehead atoms. The summed E-state index contributed by atoms with van der Waals surface area (Å²) in [6.45, 7) is 0. The van der Waals surface area contributed by atoms with Gasteiger partial charge in [-0.3, -0.25) is 0 Å². The van der Waals surface area contributed by atoms with Gasteiger partial charge in [-0.15, -0.1) is 0 Å². The van der Waals surface area contributed by atoms with Crippen LogP contribution in [0.5, 0.6) is 5.75 Å². The van der Waals surface area contributed by atoms with Crippen molar-refractivity contribution in [2.45, 2.75) is 5.16 Å². The standard InChI is InChI=1S/C16H10BrN3OS/c17-12-8-10(5-6-15(12)21)7-11(9-18)22-16-19-13-3-1-2-4-14(13)20-16/h1-8,21H,(H,19,20)/b11-7+. The normalized spacial score (nSPS) is 11.5. The Balaban J connectivity index is 1.89. The number of aromatic hydroxyl groups is 1. The number of nitriles is 1. The summed E-state index contributed by atoms with van der Waals surface area (Å²) in [5.74, 6) is 0.167. The summed E-state index contributed by atoms with van der Waals surface area (Å²) in [7, 11) is 0. The fourth-order valence-corrected chi connectivity index (χ4v) is 3.08. The third kappa shape index (κ3) is 3.16. The average Bonchev–Trinajstić information content (AvgIpc) is 2.92. The molecule has 3 aromatic rings. The van der Waals surface area contributed by atoms with E-state index in [4.69, 9.17) is 0 Å². The number of aromatic amines is 1. The number of benzene rings is 2. The number of halogens is 1. The second-order valence-electron chi connectivity index (χ2n) is 4.49. The number of H-pyrrole nitrogens is 1. The molecule has 2 aromatic carbocycles. The van der Waals surface area contributed by atoms with Crippen LogP contribution in [-0.2, 0) is 0 Å². The Morgan fingerprint density at radius 3 is 2.86 bits per heavy atom. The molecular weight excluding hydrogens is 362 g/mol. The first-order chi connectivity index (χ1) is 10.7. The molecule has 0 spiro atoms. The van der Waals surface area contributed by atoms with Gasteiger partial charge in [0.05, 0.1) is 20.4 Å². The van der Waals surface area contributed by atoms with Crippen LogP contribution in [0.15, 0.2) is 57.0 Å². The molecule has 3 rings (SSSR count). The summed E-state index contributed by atoms with van der Waals surface area (Å²) in [6.07, 6.45) is 1.75. The van der Waals surface area contributed by atoms with Crippen molar-refractivity contribution in [3.63, 3.8) is 0 Å². The fraction of sp³-hybridized carbons (Fsp3) is 0. The van der Waals surface area contributed by atoms with Crippen molar-refractivity contribution < 1.29 is 5.11 Å². The van der Waals surface area contributed by atoms with E-state index in [1.54, 1.807) is 24.3 Å². The second kappa shape index (κ2) is 6.26. The van der Waals surface area contributed by atoms with E-state index >= 15 is 0 Å². The predicted molar refractivity (Wildman–Crippen MR) is 91.3 cm³/mol. The number of phenols is 1. The number of thioether (sulfide) groups is 1. The summed E-state index contributed by atoms with van der Waals surface area (Å²) in [5.41, 5.74) is 2.63. The van der Waals surface area contributed by atoms with Gasteiger partial charge in [0.1, 0.15) is 11.8 Å². The fourth-order valence-electron chi connectivity index (χ4n) is 1.93. The van der Waals surface area contributed by atoms with Crippen molar-refractivity contribution in [1.29, 1.82) is 5.26 Å². The van der Waals surface area contributed by atoms with Crippen molar-refractivity contribution in [2.24, 2.45) is 0 Å². The zero-order valence-corrected chi connectivity index (χ0v) is 13.6. The largest absolute Gasteiger partial charge is 0.507 e. The number of para-hydroxylation sites is 2. The van der Waals surface area contributed by atoms with Gasteiger partial charge in [-0.25, -0.2) is 4.98 Å². The van der Waals surface area contributed by atoms with Crippen molar-refractivity contribution >= 4 is 44.8 Å². The van der Waals surface area contributed by atoms with Gasteiger partial charge in [0, 0.05) is 0 Å². The van der Waals surface area contributed by atoms with Crippen molar-refractivity contribution in [1.82, 2.24) is 9.97 Å². The number of hydrogen-bond acceptors (Lipinski definition) is 4. The minimum Gasteiger partial charge on any atom is -0.507 e. The molecule has 4 nitrogen and oxygen atoms in total. The quantitative estimate of drug-likeness (QED) is 0.517. The third-order valence-electron chi connectivity index (χ3n) is 2.95. The Labute approximate surface area is 139 Å². The number of aromatic nitrogens is 2. The molecule has 0 radical (unpaired) electrons. The Bertz CT molecular complexity index is 878. The summed E-state index contributed by atoms with van der Waals surface area (Å²) in [4.78, 5) is 8.13.